The van der Waals surface area contributed by atoms with Crippen LogP contribution >= 0.6 is 0 Å². The lowest BCUT2D eigenvalue weighted by atomic mass is 10.2. The topological polar surface area (TPSA) is 54.3 Å². The first-order chi connectivity index (χ1) is 7.77. The number of hydrogen-bond acceptors (Lipinski definition) is 3. The normalized spacial score (nSPS) is 12.4. The zero-order valence-electron chi connectivity index (χ0n) is 9.95. The number of hydrogen-bond donors (Lipinski definition) is 2. The Labute approximate surface area is 96.4 Å². The second-order valence-corrected chi connectivity index (χ2v) is 3.71. The van der Waals surface area contributed by atoms with E-state index in [2.05, 4.69) is 17.6 Å². The predicted octanol–water partition coefficient (Wildman–Crippen LogP) is 1.85. The van der Waals surface area contributed by atoms with Gasteiger partial charge in [-0.1, -0.05) is 13.8 Å². The van der Waals surface area contributed by atoms with Crippen molar-refractivity contribution in [3.05, 3.63) is 24.2 Å². The van der Waals surface area contributed by atoms with Crippen LogP contribution in [0.25, 0.3) is 0 Å². The Morgan fingerprint density at radius 1 is 1.50 bits per heavy atom. The summed E-state index contributed by atoms with van der Waals surface area (Å²) in [5.41, 5.74) is 0. The smallest absolute Gasteiger partial charge is 0.233 e. The van der Waals surface area contributed by atoms with Crippen LogP contribution in [0.1, 0.15) is 38.5 Å². The summed E-state index contributed by atoms with van der Waals surface area (Å²) < 4.78 is 5.31. The van der Waals surface area contributed by atoms with Crippen LogP contribution < -0.4 is 10.6 Å². The van der Waals surface area contributed by atoms with Crippen molar-refractivity contribution in [2.45, 2.75) is 32.7 Å². The second kappa shape index (κ2) is 7.06. The molecule has 0 aliphatic heterocycles. The molecule has 0 saturated carbocycles. The van der Waals surface area contributed by atoms with Gasteiger partial charge in [0.1, 0.15) is 5.76 Å². The monoisotopic (exact) mass is 224 g/mol. The molecule has 0 aromatic carbocycles. The number of rotatable bonds is 7. The lowest BCUT2D eigenvalue weighted by molar-refractivity contribution is -0.120. The molecular weight excluding hydrogens is 204 g/mol. The third kappa shape index (κ3) is 4.06. The van der Waals surface area contributed by atoms with Gasteiger partial charge in [-0.05, 0) is 25.0 Å². The molecule has 0 aliphatic carbocycles. The van der Waals surface area contributed by atoms with Gasteiger partial charge in [-0.25, -0.2) is 0 Å². The zero-order valence-corrected chi connectivity index (χ0v) is 9.95. The number of amides is 1. The maximum atomic E-state index is 11.4. The van der Waals surface area contributed by atoms with Crippen molar-refractivity contribution in [1.29, 1.82) is 0 Å². The van der Waals surface area contributed by atoms with Crippen LogP contribution in [0.5, 0.6) is 0 Å². The molecule has 0 bridgehead atoms. The van der Waals surface area contributed by atoms with E-state index >= 15 is 0 Å². The predicted molar refractivity (Wildman–Crippen MR) is 63.0 cm³/mol. The molecule has 0 saturated heterocycles. The minimum atomic E-state index is 0.0341. The van der Waals surface area contributed by atoms with E-state index in [1.807, 2.05) is 19.1 Å². The van der Waals surface area contributed by atoms with E-state index in [0.717, 1.165) is 25.1 Å². The molecule has 1 aromatic rings. The number of furan rings is 1. The quantitative estimate of drug-likeness (QED) is 0.743. The Morgan fingerprint density at radius 3 is 2.88 bits per heavy atom. The van der Waals surface area contributed by atoms with Gasteiger partial charge in [0.2, 0.25) is 5.91 Å². The van der Waals surface area contributed by atoms with E-state index in [9.17, 15) is 4.79 Å². The first kappa shape index (κ1) is 12.8. The van der Waals surface area contributed by atoms with Crippen LogP contribution in [0.15, 0.2) is 22.8 Å². The standard InChI is InChI=1S/C12H20N2O2/c1-3-7-13-12(15)9-14-10(4-2)11-6-5-8-16-11/h5-6,8,10,14H,3-4,7,9H2,1-2H3,(H,13,15). The fraction of sp³-hybridized carbons (Fsp3) is 0.583. The molecule has 1 heterocycles. The van der Waals surface area contributed by atoms with Gasteiger partial charge in [0.15, 0.2) is 0 Å². The molecule has 0 aliphatic rings. The molecule has 2 N–H and O–H groups in total. The highest BCUT2D eigenvalue weighted by atomic mass is 16.3. The van der Waals surface area contributed by atoms with Crippen LogP contribution in [-0.4, -0.2) is 19.0 Å². The number of carbonyl (C=O) groups is 1. The SMILES string of the molecule is CCCNC(=O)CNC(CC)c1ccco1. The van der Waals surface area contributed by atoms with E-state index in [4.69, 9.17) is 4.42 Å². The van der Waals surface area contributed by atoms with Gasteiger partial charge in [0.05, 0.1) is 18.8 Å². The minimum Gasteiger partial charge on any atom is -0.468 e. The maximum Gasteiger partial charge on any atom is 0.233 e. The van der Waals surface area contributed by atoms with Crippen LogP contribution in [0, 0.1) is 0 Å². The Hall–Kier alpha value is -1.29. The summed E-state index contributed by atoms with van der Waals surface area (Å²) in [7, 11) is 0. The fourth-order valence-electron chi connectivity index (χ4n) is 1.48. The number of carbonyl (C=O) groups excluding carboxylic acids is 1. The maximum absolute atomic E-state index is 11.4. The molecule has 1 atom stereocenters. The molecule has 0 spiro atoms. The molecule has 1 amide bonds. The molecule has 4 nitrogen and oxygen atoms in total. The summed E-state index contributed by atoms with van der Waals surface area (Å²) in [5, 5.41) is 6.00. The Morgan fingerprint density at radius 2 is 2.31 bits per heavy atom. The van der Waals surface area contributed by atoms with E-state index in [0.29, 0.717) is 6.54 Å². The van der Waals surface area contributed by atoms with E-state index in [-0.39, 0.29) is 11.9 Å². The molecule has 4 heteroatoms. The molecular formula is C12H20N2O2. The van der Waals surface area contributed by atoms with Gasteiger partial charge in [-0.15, -0.1) is 0 Å². The van der Waals surface area contributed by atoms with Gasteiger partial charge >= 0.3 is 0 Å². The molecule has 1 unspecified atom stereocenters. The Kier molecular flexibility index (Phi) is 5.64. The Bertz CT molecular complexity index is 296. The fourth-order valence-corrected chi connectivity index (χ4v) is 1.48. The first-order valence-corrected chi connectivity index (χ1v) is 5.81. The molecule has 1 rings (SSSR count). The highest BCUT2D eigenvalue weighted by molar-refractivity contribution is 5.77. The number of nitrogens with one attached hydrogen (secondary N) is 2. The van der Waals surface area contributed by atoms with Crippen molar-refractivity contribution in [2.24, 2.45) is 0 Å². The van der Waals surface area contributed by atoms with Crippen LogP contribution in [0.2, 0.25) is 0 Å². The van der Waals surface area contributed by atoms with Crippen LogP contribution in [0.4, 0.5) is 0 Å². The third-order valence-electron chi connectivity index (χ3n) is 2.38. The van der Waals surface area contributed by atoms with Crippen LogP contribution in [-0.2, 0) is 4.79 Å². The minimum absolute atomic E-state index is 0.0341. The summed E-state index contributed by atoms with van der Waals surface area (Å²) in [5.74, 6) is 0.914. The van der Waals surface area contributed by atoms with Crippen molar-refractivity contribution in [2.75, 3.05) is 13.1 Å². The highest BCUT2D eigenvalue weighted by Gasteiger charge is 2.12. The van der Waals surface area contributed by atoms with Gasteiger partial charge in [0, 0.05) is 6.54 Å². The summed E-state index contributed by atoms with van der Waals surface area (Å²) in [6, 6.07) is 3.89. The van der Waals surface area contributed by atoms with Gasteiger partial charge in [-0.2, -0.15) is 0 Å². The van der Waals surface area contributed by atoms with Crippen LogP contribution in [0.3, 0.4) is 0 Å². The molecule has 0 fully saturated rings. The van der Waals surface area contributed by atoms with Crippen molar-refractivity contribution in [3.63, 3.8) is 0 Å². The van der Waals surface area contributed by atoms with E-state index in [1.54, 1.807) is 6.26 Å². The lowest BCUT2D eigenvalue weighted by Gasteiger charge is -2.14. The van der Waals surface area contributed by atoms with E-state index in [1.165, 1.54) is 0 Å². The van der Waals surface area contributed by atoms with Gasteiger partial charge in [0.25, 0.3) is 0 Å². The molecule has 0 radical (unpaired) electrons. The largest absolute Gasteiger partial charge is 0.468 e. The first-order valence-electron chi connectivity index (χ1n) is 5.81. The second-order valence-electron chi connectivity index (χ2n) is 3.71. The summed E-state index contributed by atoms with van der Waals surface area (Å²) >= 11 is 0. The zero-order chi connectivity index (χ0) is 11.8. The van der Waals surface area contributed by atoms with Gasteiger partial charge < -0.3 is 9.73 Å². The lowest BCUT2D eigenvalue weighted by Crippen LogP contribution is -2.35. The summed E-state index contributed by atoms with van der Waals surface area (Å²) in [6.45, 7) is 5.16. The van der Waals surface area contributed by atoms with Crippen molar-refractivity contribution in [1.82, 2.24) is 10.6 Å². The average molecular weight is 224 g/mol. The highest BCUT2D eigenvalue weighted by Crippen LogP contribution is 2.15. The van der Waals surface area contributed by atoms with Crippen molar-refractivity contribution >= 4 is 5.91 Å². The third-order valence-corrected chi connectivity index (χ3v) is 2.38. The van der Waals surface area contributed by atoms with Gasteiger partial charge in [-0.3, -0.25) is 10.1 Å². The molecule has 1 aromatic heterocycles. The van der Waals surface area contributed by atoms with Crippen molar-refractivity contribution < 1.29 is 9.21 Å². The summed E-state index contributed by atoms with van der Waals surface area (Å²) in [6.07, 6.45) is 3.51. The van der Waals surface area contributed by atoms with Crippen molar-refractivity contribution in [3.8, 4) is 0 Å². The molecule has 16 heavy (non-hydrogen) atoms. The van der Waals surface area contributed by atoms with E-state index < -0.39 is 0 Å². The molecule has 90 valence electrons. The Balaban J connectivity index is 2.32. The average Bonchev–Trinajstić information content (AvgIpc) is 2.81. The summed E-state index contributed by atoms with van der Waals surface area (Å²) in [4.78, 5) is 11.4.